The molecule has 0 aromatic heterocycles. The lowest BCUT2D eigenvalue weighted by molar-refractivity contribution is -0.126. The number of amides is 1. The standard InChI is InChI=1S/C7H14NO/c1-4-5-6-8(3)7(2)9/h3-6H2,1-2H3. The lowest BCUT2D eigenvalue weighted by Gasteiger charge is -2.12. The van der Waals surface area contributed by atoms with Crippen molar-refractivity contribution < 1.29 is 4.79 Å². The van der Waals surface area contributed by atoms with Gasteiger partial charge in [-0.1, -0.05) is 13.3 Å². The second kappa shape index (κ2) is 4.36. The van der Waals surface area contributed by atoms with E-state index in [0.29, 0.717) is 0 Å². The first-order valence-electron chi connectivity index (χ1n) is 3.27. The van der Waals surface area contributed by atoms with Crippen molar-refractivity contribution in [3.05, 3.63) is 7.05 Å². The molecule has 0 aliphatic carbocycles. The molecule has 0 bridgehead atoms. The third kappa shape index (κ3) is 4.01. The van der Waals surface area contributed by atoms with E-state index in [2.05, 4.69) is 14.0 Å². The lowest BCUT2D eigenvalue weighted by atomic mass is 10.3. The molecule has 0 fully saturated rings. The fourth-order valence-electron chi connectivity index (χ4n) is 0.506. The van der Waals surface area contributed by atoms with Gasteiger partial charge in [0.05, 0.1) is 0 Å². The molecule has 0 saturated carbocycles. The summed E-state index contributed by atoms with van der Waals surface area (Å²) in [6.07, 6.45) is 2.16. The summed E-state index contributed by atoms with van der Waals surface area (Å²) in [5.74, 6) is 0.0449. The van der Waals surface area contributed by atoms with E-state index < -0.39 is 0 Å². The van der Waals surface area contributed by atoms with Crippen LogP contribution in [0.2, 0.25) is 0 Å². The average Bonchev–Trinajstić information content (AvgIpc) is 1.82. The Morgan fingerprint density at radius 1 is 1.67 bits per heavy atom. The summed E-state index contributed by atoms with van der Waals surface area (Å²) in [5, 5.41) is 0. The van der Waals surface area contributed by atoms with Gasteiger partial charge >= 0.3 is 0 Å². The molecule has 53 valence electrons. The molecule has 1 amide bonds. The molecule has 0 heterocycles. The largest absolute Gasteiger partial charge is 0.341 e. The summed E-state index contributed by atoms with van der Waals surface area (Å²) in [6.45, 7) is 4.41. The summed E-state index contributed by atoms with van der Waals surface area (Å²) in [4.78, 5) is 12.0. The summed E-state index contributed by atoms with van der Waals surface area (Å²) in [6, 6.07) is 0. The van der Waals surface area contributed by atoms with Crippen molar-refractivity contribution in [1.29, 1.82) is 0 Å². The topological polar surface area (TPSA) is 20.3 Å². The zero-order valence-corrected chi connectivity index (χ0v) is 6.18. The number of carbonyl (C=O) groups is 1. The number of rotatable bonds is 3. The molecule has 0 saturated heterocycles. The highest BCUT2D eigenvalue weighted by Gasteiger charge is 1.98. The third-order valence-corrected chi connectivity index (χ3v) is 1.23. The summed E-state index contributed by atoms with van der Waals surface area (Å²) in [5.41, 5.74) is 0. The SMILES string of the molecule is [CH2]N(CCCC)C(C)=O. The molecule has 1 radical (unpaired) electrons. The second-order valence-electron chi connectivity index (χ2n) is 2.14. The van der Waals surface area contributed by atoms with E-state index in [-0.39, 0.29) is 5.91 Å². The Morgan fingerprint density at radius 2 is 2.22 bits per heavy atom. The minimum Gasteiger partial charge on any atom is -0.341 e. The van der Waals surface area contributed by atoms with Crippen LogP contribution in [0.15, 0.2) is 0 Å². The van der Waals surface area contributed by atoms with Gasteiger partial charge in [-0.05, 0) is 6.42 Å². The molecule has 2 heteroatoms. The summed E-state index contributed by atoms with van der Waals surface area (Å²) >= 11 is 0. The smallest absolute Gasteiger partial charge is 0.219 e. The molecule has 0 atom stereocenters. The van der Waals surface area contributed by atoms with Crippen LogP contribution in [0.3, 0.4) is 0 Å². The van der Waals surface area contributed by atoms with Gasteiger partial charge in [0, 0.05) is 20.5 Å². The normalized spacial score (nSPS) is 9.22. The number of hydrogen-bond donors (Lipinski definition) is 0. The van der Waals surface area contributed by atoms with Crippen LogP contribution < -0.4 is 0 Å². The number of hydrogen-bond acceptors (Lipinski definition) is 1. The Bertz CT molecular complexity index is 90.9. The van der Waals surface area contributed by atoms with Crippen LogP contribution in [0.5, 0.6) is 0 Å². The van der Waals surface area contributed by atoms with E-state index in [0.717, 1.165) is 19.4 Å². The minimum absolute atomic E-state index is 0.0449. The van der Waals surface area contributed by atoms with E-state index in [9.17, 15) is 4.79 Å². The van der Waals surface area contributed by atoms with Crippen molar-refractivity contribution in [2.24, 2.45) is 0 Å². The number of unbranched alkanes of at least 4 members (excludes halogenated alkanes) is 1. The molecular formula is C7H14NO. The van der Waals surface area contributed by atoms with Crippen LogP contribution >= 0.6 is 0 Å². The maximum atomic E-state index is 10.5. The van der Waals surface area contributed by atoms with E-state index >= 15 is 0 Å². The average molecular weight is 128 g/mol. The maximum Gasteiger partial charge on any atom is 0.219 e. The van der Waals surface area contributed by atoms with Gasteiger partial charge in [0.15, 0.2) is 0 Å². The number of carbonyl (C=O) groups excluding carboxylic acids is 1. The van der Waals surface area contributed by atoms with Gasteiger partial charge in [-0.25, -0.2) is 0 Å². The molecule has 0 rings (SSSR count). The molecule has 2 nitrogen and oxygen atoms in total. The third-order valence-electron chi connectivity index (χ3n) is 1.23. The fourth-order valence-corrected chi connectivity index (χ4v) is 0.506. The van der Waals surface area contributed by atoms with Gasteiger partial charge in [-0.2, -0.15) is 0 Å². The maximum absolute atomic E-state index is 10.5. The Balaban J connectivity index is 3.27. The molecule has 0 aliphatic rings. The molecule has 0 unspecified atom stereocenters. The Hall–Kier alpha value is -0.530. The molecule has 9 heavy (non-hydrogen) atoms. The first-order valence-corrected chi connectivity index (χ1v) is 3.27. The predicted octanol–water partition coefficient (Wildman–Crippen LogP) is 1.43. The highest BCUT2D eigenvalue weighted by atomic mass is 16.2. The monoisotopic (exact) mass is 128 g/mol. The molecule has 0 aromatic carbocycles. The highest BCUT2D eigenvalue weighted by Crippen LogP contribution is 1.92. The molecular weight excluding hydrogens is 114 g/mol. The Kier molecular flexibility index (Phi) is 4.10. The van der Waals surface area contributed by atoms with Crippen molar-refractivity contribution in [3.8, 4) is 0 Å². The Labute approximate surface area is 56.9 Å². The van der Waals surface area contributed by atoms with Gasteiger partial charge in [0.1, 0.15) is 0 Å². The van der Waals surface area contributed by atoms with Crippen LogP contribution in [0, 0.1) is 7.05 Å². The fraction of sp³-hybridized carbons (Fsp3) is 0.714. The number of nitrogens with zero attached hydrogens (tertiary/aromatic N) is 1. The quantitative estimate of drug-likeness (QED) is 0.563. The zero-order chi connectivity index (χ0) is 7.28. The van der Waals surface area contributed by atoms with Gasteiger partial charge in [-0.15, -0.1) is 0 Å². The van der Waals surface area contributed by atoms with Crippen molar-refractivity contribution in [3.63, 3.8) is 0 Å². The van der Waals surface area contributed by atoms with Gasteiger partial charge < -0.3 is 4.90 Å². The van der Waals surface area contributed by atoms with Crippen LogP contribution in [-0.2, 0) is 4.79 Å². The van der Waals surface area contributed by atoms with E-state index in [1.165, 1.54) is 11.8 Å². The van der Waals surface area contributed by atoms with Crippen molar-refractivity contribution in [2.45, 2.75) is 26.7 Å². The molecule has 0 N–H and O–H groups in total. The summed E-state index contributed by atoms with van der Waals surface area (Å²) in [7, 11) is 3.56. The highest BCUT2D eigenvalue weighted by molar-refractivity contribution is 5.73. The van der Waals surface area contributed by atoms with E-state index in [4.69, 9.17) is 0 Å². The Morgan fingerprint density at radius 3 is 2.56 bits per heavy atom. The molecule has 0 spiro atoms. The molecule has 0 aromatic rings. The van der Waals surface area contributed by atoms with E-state index in [1.54, 1.807) is 0 Å². The van der Waals surface area contributed by atoms with Crippen molar-refractivity contribution >= 4 is 5.91 Å². The van der Waals surface area contributed by atoms with Crippen LogP contribution in [0.4, 0.5) is 0 Å². The van der Waals surface area contributed by atoms with Crippen molar-refractivity contribution in [2.75, 3.05) is 6.54 Å². The van der Waals surface area contributed by atoms with Crippen LogP contribution in [0.25, 0.3) is 0 Å². The minimum atomic E-state index is 0.0449. The first kappa shape index (κ1) is 8.47. The predicted molar refractivity (Wildman–Crippen MR) is 37.7 cm³/mol. The summed E-state index contributed by atoms with van der Waals surface area (Å²) < 4.78 is 0. The van der Waals surface area contributed by atoms with Gasteiger partial charge in [0.25, 0.3) is 0 Å². The first-order chi connectivity index (χ1) is 4.18. The van der Waals surface area contributed by atoms with Gasteiger partial charge in [0.2, 0.25) is 5.91 Å². The van der Waals surface area contributed by atoms with Crippen LogP contribution in [-0.4, -0.2) is 17.4 Å². The zero-order valence-electron chi connectivity index (χ0n) is 6.18. The second-order valence-corrected chi connectivity index (χ2v) is 2.14. The van der Waals surface area contributed by atoms with Crippen molar-refractivity contribution in [1.82, 2.24) is 4.90 Å². The molecule has 0 aliphatic heterocycles. The van der Waals surface area contributed by atoms with Crippen LogP contribution in [0.1, 0.15) is 26.7 Å². The van der Waals surface area contributed by atoms with E-state index in [1.807, 2.05) is 0 Å². The van der Waals surface area contributed by atoms with Gasteiger partial charge in [-0.3, -0.25) is 4.79 Å². The lowest BCUT2D eigenvalue weighted by Crippen LogP contribution is -2.22.